The van der Waals surface area contributed by atoms with Gasteiger partial charge in [0.25, 0.3) is 0 Å². The molecule has 0 spiro atoms. The zero-order valence-electron chi connectivity index (χ0n) is 12.0. The van der Waals surface area contributed by atoms with Crippen molar-refractivity contribution in [1.29, 1.82) is 0 Å². The number of aryl methyl sites for hydroxylation is 1. The van der Waals surface area contributed by atoms with E-state index in [4.69, 9.17) is 15.0 Å². The van der Waals surface area contributed by atoms with Gasteiger partial charge < -0.3 is 20.3 Å². The molecule has 0 saturated carbocycles. The molecular weight excluding hydrogens is 272 g/mol. The van der Waals surface area contributed by atoms with Crippen LogP contribution in [0.25, 0.3) is 0 Å². The number of hydrogen-bond donors (Lipinski definition) is 2. The summed E-state index contributed by atoms with van der Waals surface area (Å²) >= 11 is 0. The SMILES string of the molecule is CCOC(=O)c1cccc(N)c1NCCc1nc(C)no1. The lowest BCUT2D eigenvalue weighted by Gasteiger charge is -2.13. The average molecular weight is 290 g/mol. The molecule has 0 aliphatic heterocycles. The number of rotatable bonds is 6. The van der Waals surface area contributed by atoms with Gasteiger partial charge in [0.05, 0.1) is 23.5 Å². The van der Waals surface area contributed by atoms with E-state index in [-0.39, 0.29) is 0 Å². The first-order valence-electron chi connectivity index (χ1n) is 6.70. The number of nitrogens with one attached hydrogen (secondary N) is 1. The molecule has 0 radical (unpaired) electrons. The van der Waals surface area contributed by atoms with E-state index < -0.39 is 5.97 Å². The lowest BCUT2D eigenvalue weighted by atomic mass is 10.1. The van der Waals surface area contributed by atoms with Crippen LogP contribution in [0, 0.1) is 6.92 Å². The van der Waals surface area contributed by atoms with Gasteiger partial charge in [0.15, 0.2) is 5.82 Å². The molecule has 0 unspecified atom stereocenters. The molecule has 0 aliphatic carbocycles. The van der Waals surface area contributed by atoms with Gasteiger partial charge in [-0.05, 0) is 26.0 Å². The molecule has 7 nitrogen and oxygen atoms in total. The van der Waals surface area contributed by atoms with Crippen molar-refractivity contribution < 1.29 is 14.1 Å². The van der Waals surface area contributed by atoms with Gasteiger partial charge in [0.2, 0.25) is 5.89 Å². The van der Waals surface area contributed by atoms with Crippen LogP contribution in [0.4, 0.5) is 11.4 Å². The molecule has 0 aliphatic rings. The number of hydrogen-bond acceptors (Lipinski definition) is 7. The number of carbonyl (C=O) groups is 1. The van der Waals surface area contributed by atoms with Crippen molar-refractivity contribution in [3.63, 3.8) is 0 Å². The number of nitrogen functional groups attached to an aromatic ring is 1. The molecule has 7 heteroatoms. The second-order valence-electron chi connectivity index (χ2n) is 4.40. The zero-order valence-corrected chi connectivity index (χ0v) is 12.0. The molecule has 3 N–H and O–H groups in total. The third kappa shape index (κ3) is 3.71. The minimum absolute atomic E-state index is 0.314. The Kier molecular flexibility index (Phi) is 4.76. The number of anilines is 2. The summed E-state index contributed by atoms with van der Waals surface area (Å²) < 4.78 is 10.0. The van der Waals surface area contributed by atoms with Crippen LogP contribution in [0.2, 0.25) is 0 Å². The number of nitrogens with zero attached hydrogens (tertiary/aromatic N) is 2. The minimum Gasteiger partial charge on any atom is -0.462 e. The Morgan fingerprint density at radius 2 is 2.29 bits per heavy atom. The Bertz CT molecular complexity index is 624. The van der Waals surface area contributed by atoms with Crippen molar-refractivity contribution in [2.24, 2.45) is 0 Å². The largest absolute Gasteiger partial charge is 0.462 e. The van der Waals surface area contributed by atoms with Gasteiger partial charge in [-0.3, -0.25) is 0 Å². The van der Waals surface area contributed by atoms with Crippen LogP contribution in [-0.4, -0.2) is 29.3 Å². The third-order valence-corrected chi connectivity index (χ3v) is 2.80. The van der Waals surface area contributed by atoms with Crippen LogP contribution in [0.3, 0.4) is 0 Å². The maximum atomic E-state index is 11.9. The maximum absolute atomic E-state index is 11.9. The predicted molar refractivity (Wildman–Crippen MR) is 78.0 cm³/mol. The lowest BCUT2D eigenvalue weighted by molar-refractivity contribution is 0.0527. The number of nitrogens with two attached hydrogens (primary N) is 1. The van der Waals surface area contributed by atoms with E-state index >= 15 is 0 Å². The highest BCUT2D eigenvalue weighted by Gasteiger charge is 2.14. The number of benzene rings is 1. The highest BCUT2D eigenvalue weighted by atomic mass is 16.5. The molecule has 0 amide bonds. The highest BCUT2D eigenvalue weighted by molar-refractivity contribution is 5.98. The smallest absolute Gasteiger partial charge is 0.340 e. The molecule has 1 aromatic carbocycles. The zero-order chi connectivity index (χ0) is 15.2. The minimum atomic E-state index is -0.402. The van der Waals surface area contributed by atoms with Gasteiger partial charge in [-0.1, -0.05) is 11.2 Å². The summed E-state index contributed by atoms with van der Waals surface area (Å²) in [6.07, 6.45) is 0.539. The van der Waals surface area contributed by atoms with E-state index in [1.54, 1.807) is 32.0 Å². The Labute approximate surface area is 122 Å². The molecule has 0 bridgehead atoms. The van der Waals surface area contributed by atoms with Crippen molar-refractivity contribution in [1.82, 2.24) is 10.1 Å². The molecule has 2 aromatic rings. The van der Waals surface area contributed by atoms with E-state index in [0.29, 0.717) is 48.2 Å². The lowest BCUT2D eigenvalue weighted by Crippen LogP contribution is -2.13. The van der Waals surface area contributed by atoms with Gasteiger partial charge in [-0.15, -0.1) is 0 Å². The molecule has 0 saturated heterocycles. The first-order chi connectivity index (χ1) is 10.1. The van der Waals surface area contributed by atoms with Gasteiger partial charge >= 0.3 is 5.97 Å². The van der Waals surface area contributed by atoms with Crippen LogP contribution in [0.1, 0.15) is 29.0 Å². The highest BCUT2D eigenvalue weighted by Crippen LogP contribution is 2.24. The second kappa shape index (κ2) is 6.74. The number of para-hydroxylation sites is 1. The van der Waals surface area contributed by atoms with Gasteiger partial charge in [0.1, 0.15) is 0 Å². The Morgan fingerprint density at radius 3 is 2.95 bits per heavy atom. The quantitative estimate of drug-likeness (QED) is 0.617. The first kappa shape index (κ1) is 14.8. The first-order valence-corrected chi connectivity index (χ1v) is 6.70. The van der Waals surface area contributed by atoms with Crippen LogP contribution in [0.5, 0.6) is 0 Å². The van der Waals surface area contributed by atoms with Crippen LogP contribution in [0.15, 0.2) is 22.7 Å². The third-order valence-electron chi connectivity index (χ3n) is 2.80. The molecule has 112 valence electrons. The number of esters is 1. The molecule has 21 heavy (non-hydrogen) atoms. The number of carbonyl (C=O) groups excluding carboxylic acids is 1. The Hall–Kier alpha value is -2.57. The van der Waals surface area contributed by atoms with Crippen LogP contribution in [-0.2, 0) is 11.2 Å². The van der Waals surface area contributed by atoms with E-state index in [1.165, 1.54) is 0 Å². The molecule has 1 aromatic heterocycles. The second-order valence-corrected chi connectivity index (χ2v) is 4.40. The van der Waals surface area contributed by atoms with Gasteiger partial charge in [0, 0.05) is 13.0 Å². The fourth-order valence-corrected chi connectivity index (χ4v) is 1.88. The van der Waals surface area contributed by atoms with Crippen LogP contribution < -0.4 is 11.1 Å². The van der Waals surface area contributed by atoms with Crippen molar-refractivity contribution >= 4 is 17.3 Å². The van der Waals surface area contributed by atoms with Crippen molar-refractivity contribution in [2.75, 3.05) is 24.2 Å². The Balaban J connectivity index is 2.06. The predicted octanol–water partition coefficient (Wildman–Crippen LogP) is 1.79. The van der Waals surface area contributed by atoms with E-state index in [2.05, 4.69) is 15.5 Å². The number of ether oxygens (including phenoxy) is 1. The van der Waals surface area contributed by atoms with E-state index in [9.17, 15) is 4.79 Å². The van der Waals surface area contributed by atoms with Gasteiger partial charge in [-0.2, -0.15) is 4.98 Å². The molecule has 1 heterocycles. The summed E-state index contributed by atoms with van der Waals surface area (Å²) in [7, 11) is 0. The molecule has 0 fully saturated rings. The summed E-state index contributed by atoms with van der Waals surface area (Å²) in [5, 5.41) is 6.84. The maximum Gasteiger partial charge on any atom is 0.340 e. The standard InChI is InChI=1S/C14H18N4O3/c1-3-20-14(19)10-5-4-6-11(15)13(10)16-8-7-12-17-9(2)18-21-12/h4-6,16H,3,7-8,15H2,1-2H3. The number of aromatic nitrogens is 2. The van der Waals surface area contributed by atoms with Crippen molar-refractivity contribution in [3.05, 3.63) is 35.5 Å². The van der Waals surface area contributed by atoms with Crippen molar-refractivity contribution in [2.45, 2.75) is 20.3 Å². The van der Waals surface area contributed by atoms with Gasteiger partial charge in [-0.25, -0.2) is 4.79 Å². The fraction of sp³-hybridized carbons (Fsp3) is 0.357. The topological polar surface area (TPSA) is 103 Å². The monoisotopic (exact) mass is 290 g/mol. The fourth-order valence-electron chi connectivity index (χ4n) is 1.88. The molecule has 0 atom stereocenters. The normalized spacial score (nSPS) is 10.4. The average Bonchev–Trinajstić information content (AvgIpc) is 2.86. The summed E-state index contributed by atoms with van der Waals surface area (Å²) in [6.45, 7) is 4.35. The summed E-state index contributed by atoms with van der Waals surface area (Å²) in [6, 6.07) is 5.11. The van der Waals surface area contributed by atoms with E-state index in [0.717, 1.165) is 0 Å². The summed E-state index contributed by atoms with van der Waals surface area (Å²) in [4.78, 5) is 16.0. The van der Waals surface area contributed by atoms with E-state index in [1.807, 2.05) is 0 Å². The van der Waals surface area contributed by atoms with Crippen LogP contribution >= 0.6 is 0 Å². The van der Waals surface area contributed by atoms with Crippen molar-refractivity contribution in [3.8, 4) is 0 Å². The molecular formula is C14H18N4O3. The Morgan fingerprint density at radius 1 is 1.48 bits per heavy atom. The molecule has 2 rings (SSSR count). The summed E-state index contributed by atoms with van der Waals surface area (Å²) in [5.41, 5.74) is 7.38. The summed E-state index contributed by atoms with van der Waals surface area (Å²) in [5.74, 6) is 0.726.